The van der Waals surface area contributed by atoms with Crippen molar-refractivity contribution in [1.82, 2.24) is 24.5 Å². The Labute approximate surface area is 396 Å². The van der Waals surface area contributed by atoms with E-state index in [2.05, 4.69) is 54.9 Å². The third-order valence-electron chi connectivity index (χ3n) is 11.8. The predicted molar refractivity (Wildman–Crippen MR) is 252 cm³/mol. The van der Waals surface area contributed by atoms with Crippen molar-refractivity contribution in [2.75, 3.05) is 11.5 Å². The number of nitrogens with zero attached hydrogens (tertiary/aromatic N) is 5. The zero-order valence-electron chi connectivity index (χ0n) is 36.3. The van der Waals surface area contributed by atoms with Crippen LogP contribution in [0.1, 0.15) is 95.7 Å². The van der Waals surface area contributed by atoms with Crippen LogP contribution >= 0.6 is 15.9 Å². The van der Waals surface area contributed by atoms with Crippen LogP contribution in [0.4, 0.5) is 20.4 Å². The summed E-state index contributed by atoms with van der Waals surface area (Å²) in [6, 6.07) is 15.3. The average molecular weight is 1130 g/mol. The number of rotatable bonds is 4. The van der Waals surface area contributed by atoms with E-state index in [9.17, 15) is 4.39 Å². The molecule has 4 N–H and O–H groups in total. The smallest absolute Gasteiger partial charge is 0.399 e. The molecular weight excluding hydrogens is 1070 g/mol. The molecule has 1 saturated heterocycles. The molecule has 1 aliphatic heterocycles. The molecule has 1 aliphatic carbocycles. The Bertz CT molecular complexity index is 2830. The normalized spacial score (nSPS) is 15.9. The predicted octanol–water partition coefficient (Wildman–Crippen LogP) is 11.1. The van der Waals surface area contributed by atoms with Crippen LogP contribution in [-0.4, -0.2) is 42.8 Å². The van der Waals surface area contributed by atoms with E-state index in [4.69, 9.17) is 20.8 Å². The maximum absolute atomic E-state index is 15.2. The van der Waals surface area contributed by atoms with Gasteiger partial charge in [-0.15, -0.1) is 0 Å². The quantitative estimate of drug-likeness (QED) is 0.167. The SMILES string of the molecule is C.CCc1cc2ccc(-c3cn(C)c4cc(C)nc(N)c34)c(F)c2cn1.CCc1cc2ccc(B3OC(C)(C)C(C)(C)O3)c(F)c2cn1.Cc1cc2c(c(N)n1)C(Br)=CC2C.[U]. The summed E-state index contributed by atoms with van der Waals surface area (Å²) in [5.74, 6) is 0.895. The van der Waals surface area contributed by atoms with Gasteiger partial charge < -0.3 is 25.3 Å². The van der Waals surface area contributed by atoms with Crippen LogP contribution in [0, 0.1) is 56.6 Å². The molecule has 0 amide bonds. The van der Waals surface area contributed by atoms with Crippen LogP contribution in [0.5, 0.6) is 0 Å². The number of aryl methyl sites for hydroxylation is 5. The number of hydrogen-bond acceptors (Lipinski definition) is 8. The molecule has 0 spiro atoms. The standard InChI is InChI=1S/C20H19FN4.C17H21BFNO2.C10H11BrN2.CH4.U/c1-4-13-8-12-5-6-14(19(21)15(12)9-23-13)16-10-25(3)17-7-11(2)24-20(22)18(16)17;1-6-12-9-11-7-8-14(15(19)13(11)10-20-12)18-21-16(2,3)17(4,5)22-18;1-5-3-8(11)9-7(5)4-6(2)13-10(9)12;;/h5-10H,4H2,1-3H3,(H2,22,24);7-10H,6H2,1-5H3;3-5H,1-2H3,(H2,12,13);1H4;. The van der Waals surface area contributed by atoms with Crippen molar-refractivity contribution in [2.45, 2.75) is 99.7 Å². The van der Waals surface area contributed by atoms with Gasteiger partial charge in [0.2, 0.25) is 0 Å². The molecule has 0 bridgehead atoms. The molecule has 0 radical (unpaired) electrons. The second kappa shape index (κ2) is 18.9. The Morgan fingerprint density at radius 1 is 0.790 bits per heavy atom. The molecule has 14 heteroatoms. The van der Waals surface area contributed by atoms with Gasteiger partial charge in [-0.05, 0) is 95.0 Å². The summed E-state index contributed by atoms with van der Waals surface area (Å²) in [5, 5.41) is 3.51. The maximum atomic E-state index is 15.2. The average Bonchev–Trinajstić information content (AvgIpc) is 3.76. The maximum Gasteiger partial charge on any atom is 0.497 e. The van der Waals surface area contributed by atoms with E-state index < -0.39 is 18.3 Å². The van der Waals surface area contributed by atoms with Gasteiger partial charge in [0.15, 0.2) is 0 Å². The zero-order chi connectivity index (χ0) is 43.4. The Hall–Kier alpha value is -4.18. The molecule has 2 aliphatic rings. The molecule has 1 atom stereocenters. The fraction of sp³-hybridized carbons (Fsp3) is 0.333. The Balaban J connectivity index is 0.000000181. The van der Waals surface area contributed by atoms with Crippen LogP contribution in [0.3, 0.4) is 0 Å². The van der Waals surface area contributed by atoms with Crippen molar-refractivity contribution in [1.29, 1.82) is 0 Å². The molecular formula is C48H55BBrF2N7O2U. The first kappa shape index (κ1) is 48.8. The monoisotopic (exact) mass is 1130 g/mol. The fourth-order valence-corrected chi connectivity index (χ4v) is 8.55. The summed E-state index contributed by atoms with van der Waals surface area (Å²) >= 11 is 3.49. The van der Waals surface area contributed by atoms with Crippen molar-refractivity contribution >= 4 is 77.1 Å². The van der Waals surface area contributed by atoms with E-state index in [0.717, 1.165) is 72.9 Å². The molecule has 1 fully saturated rings. The van der Waals surface area contributed by atoms with E-state index in [0.29, 0.717) is 39.4 Å². The van der Waals surface area contributed by atoms with Gasteiger partial charge in [0.1, 0.15) is 23.3 Å². The summed E-state index contributed by atoms with van der Waals surface area (Å²) in [6.45, 7) is 17.9. The number of hydrogen-bond donors (Lipinski definition) is 2. The minimum atomic E-state index is -0.694. The molecule has 322 valence electrons. The van der Waals surface area contributed by atoms with Crippen LogP contribution in [0.15, 0.2) is 73.2 Å². The minimum absolute atomic E-state index is 0. The molecule has 9 rings (SSSR count). The Morgan fingerprint density at radius 2 is 1.32 bits per heavy atom. The number of pyridine rings is 4. The van der Waals surface area contributed by atoms with Crippen LogP contribution in [0.2, 0.25) is 0 Å². The van der Waals surface area contributed by atoms with Crippen molar-refractivity contribution in [3.8, 4) is 11.1 Å². The number of benzene rings is 2. The van der Waals surface area contributed by atoms with Crippen molar-refractivity contribution < 1.29 is 49.2 Å². The molecule has 9 nitrogen and oxygen atoms in total. The molecule has 62 heavy (non-hydrogen) atoms. The largest absolute Gasteiger partial charge is 0.497 e. The molecule has 7 aromatic rings. The van der Waals surface area contributed by atoms with Gasteiger partial charge in [0.05, 0.1) is 16.7 Å². The Kier molecular flexibility index (Phi) is 14.9. The number of allylic oxidation sites excluding steroid dienone is 1. The fourth-order valence-electron chi connectivity index (χ4n) is 7.72. The summed E-state index contributed by atoms with van der Waals surface area (Å²) in [5.41, 5.74) is 19.7. The number of halogens is 3. The number of aromatic nitrogens is 5. The topological polar surface area (TPSA) is 127 Å². The molecule has 0 saturated carbocycles. The third-order valence-corrected chi connectivity index (χ3v) is 12.5. The zero-order valence-corrected chi connectivity index (χ0v) is 42.1. The van der Waals surface area contributed by atoms with Gasteiger partial charge >= 0.3 is 7.12 Å². The van der Waals surface area contributed by atoms with Crippen LogP contribution in [0.25, 0.3) is 48.1 Å². The van der Waals surface area contributed by atoms with E-state index in [1.807, 2.05) is 110 Å². The van der Waals surface area contributed by atoms with E-state index >= 15 is 4.39 Å². The summed E-state index contributed by atoms with van der Waals surface area (Å²) in [7, 11) is 1.24. The van der Waals surface area contributed by atoms with Gasteiger partial charge in [-0.1, -0.05) is 74.5 Å². The second-order valence-electron chi connectivity index (χ2n) is 16.6. The van der Waals surface area contributed by atoms with Gasteiger partial charge in [0.25, 0.3) is 0 Å². The van der Waals surface area contributed by atoms with Gasteiger partial charge in [-0.25, -0.2) is 18.7 Å². The van der Waals surface area contributed by atoms with Crippen molar-refractivity contribution in [3.63, 3.8) is 0 Å². The van der Waals surface area contributed by atoms with Crippen molar-refractivity contribution in [3.05, 3.63) is 119 Å². The van der Waals surface area contributed by atoms with Crippen LogP contribution in [-0.2, 0) is 29.2 Å². The second-order valence-corrected chi connectivity index (χ2v) is 17.5. The first-order chi connectivity index (χ1) is 28.3. The van der Waals surface area contributed by atoms with Gasteiger partial charge in [-0.2, -0.15) is 0 Å². The van der Waals surface area contributed by atoms with E-state index in [1.165, 1.54) is 5.56 Å². The van der Waals surface area contributed by atoms with Gasteiger partial charge in [-0.3, -0.25) is 9.97 Å². The number of nitrogen functional groups attached to an aromatic ring is 2. The summed E-state index contributed by atoms with van der Waals surface area (Å²) in [6.07, 6.45) is 8.92. The van der Waals surface area contributed by atoms with Crippen LogP contribution < -0.4 is 16.9 Å². The minimum Gasteiger partial charge on any atom is -0.399 e. The Morgan fingerprint density at radius 3 is 1.90 bits per heavy atom. The van der Waals surface area contributed by atoms with Gasteiger partial charge in [0, 0.05) is 128 Å². The molecule has 2 aromatic carbocycles. The number of nitrogens with two attached hydrogens (primary N) is 2. The van der Waals surface area contributed by atoms with E-state index in [1.54, 1.807) is 18.5 Å². The third kappa shape index (κ3) is 9.23. The van der Waals surface area contributed by atoms with Crippen molar-refractivity contribution in [2.24, 2.45) is 7.05 Å². The number of fused-ring (bicyclic) bond motifs is 4. The molecule has 5 aromatic heterocycles. The summed E-state index contributed by atoms with van der Waals surface area (Å²) in [4.78, 5) is 17.2. The first-order valence-corrected chi connectivity index (χ1v) is 21.0. The molecule has 1 unspecified atom stereocenters. The summed E-state index contributed by atoms with van der Waals surface area (Å²) < 4.78 is 45.0. The number of anilines is 2. The molecule has 6 heterocycles. The first-order valence-electron chi connectivity index (χ1n) is 20.2. The van der Waals surface area contributed by atoms with E-state index in [-0.39, 0.29) is 50.2 Å².